The molecule has 3 rings (SSSR count). The average molecular weight is 316 g/mol. The van der Waals surface area contributed by atoms with Crippen LogP contribution < -0.4 is 0 Å². The Hall–Kier alpha value is -2.28. The zero-order valence-corrected chi connectivity index (χ0v) is 13.1. The molecular formula is C16H20N4O3. The molecule has 0 radical (unpaired) electrons. The third-order valence-corrected chi connectivity index (χ3v) is 3.87. The number of rotatable bonds is 4. The van der Waals surface area contributed by atoms with Gasteiger partial charge >= 0.3 is 0 Å². The summed E-state index contributed by atoms with van der Waals surface area (Å²) in [6, 6.07) is 1.71. The Balaban J connectivity index is 1.68. The van der Waals surface area contributed by atoms with Gasteiger partial charge in [0.2, 0.25) is 5.76 Å². The Bertz CT molecular complexity index is 644. The topological polar surface area (TPSA) is 81.4 Å². The third-order valence-electron chi connectivity index (χ3n) is 3.87. The van der Waals surface area contributed by atoms with Crippen molar-refractivity contribution in [3.63, 3.8) is 0 Å². The van der Waals surface area contributed by atoms with E-state index in [0.717, 1.165) is 24.2 Å². The first-order valence-corrected chi connectivity index (χ1v) is 7.83. The van der Waals surface area contributed by atoms with Gasteiger partial charge in [-0.05, 0) is 12.8 Å². The van der Waals surface area contributed by atoms with E-state index in [1.165, 1.54) is 0 Å². The van der Waals surface area contributed by atoms with Gasteiger partial charge in [-0.1, -0.05) is 12.1 Å². The normalized spacial score (nSPS) is 18.7. The molecule has 0 saturated carbocycles. The lowest BCUT2D eigenvalue weighted by Gasteiger charge is -2.22. The van der Waals surface area contributed by atoms with Gasteiger partial charge in [-0.25, -0.2) is 0 Å². The van der Waals surface area contributed by atoms with Gasteiger partial charge in [0.15, 0.2) is 0 Å². The third kappa shape index (κ3) is 3.92. The van der Waals surface area contributed by atoms with E-state index in [0.29, 0.717) is 32.1 Å². The van der Waals surface area contributed by atoms with Crippen LogP contribution in [-0.2, 0) is 17.6 Å². The fourth-order valence-corrected chi connectivity index (χ4v) is 2.65. The summed E-state index contributed by atoms with van der Waals surface area (Å²) in [5.74, 6) is 0.348. The summed E-state index contributed by atoms with van der Waals surface area (Å²) in [5, 5.41) is 3.89. The molecule has 0 N–H and O–H groups in total. The van der Waals surface area contributed by atoms with Crippen molar-refractivity contribution in [1.29, 1.82) is 0 Å². The molecule has 0 aromatic carbocycles. The number of carbonyl (C=O) groups excluding carboxylic acids is 1. The van der Waals surface area contributed by atoms with E-state index in [1.807, 2.05) is 6.92 Å². The van der Waals surface area contributed by atoms with Crippen molar-refractivity contribution in [2.45, 2.75) is 19.8 Å². The van der Waals surface area contributed by atoms with Gasteiger partial charge < -0.3 is 14.2 Å². The summed E-state index contributed by atoms with van der Waals surface area (Å²) in [4.78, 5) is 22.7. The predicted molar refractivity (Wildman–Crippen MR) is 81.8 cm³/mol. The van der Waals surface area contributed by atoms with E-state index in [9.17, 15) is 4.79 Å². The number of amides is 1. The highest BCUT2D eigenvalue weighted by Gasteiger charge is 2.26. The lowest BCUT2D eigenvalue weighted by molar-refractivity contribution is 0.0695. The molecule has 2 aromatic rings. The maximum absolute atomic E-state index is 12.6. The number of ether oxygens (including phenoxy) is 1. The van der Waals surface area contributed by atoms with Crippen LogP contribution in [0, 0.1) is 5.92 Å². The largest absolute Gasteiger partial charge is 0.379 e. The molecule has 7 nitrogen and oxygen atoms in total. The molecule has 1 atom stereocenters. The van der Waals surface area contributed by atoms with Crippen LogP contribution in [0.4, 0.5) is 0 Å². The van der Waals surface area contributed by atoms with Gasteiger partial charge in [0.05, 0.1) is 24.6 Å². The van der Waals surface area contributed by atoms with Crippen LogP contribution in [0.1, 0.15) is 28.9 Å². The Morgan fingerprint density at radius 1 is 1.39 bits per heavy atom. The van der Waals surface area contributed by atoms with Crippen LogP contribution in [0.2, 0.25) is 0 Å². The Morgan fingerprint density at radius 3 is 3.04 bits per heavy atom. The standard InChI is InChI=1S/C16H20N4O3/c1-2-13-8-15(23-19-13)16(21)20-5-6-22-11-12(10-20)7-14-9-17-3-4-18-14/h3-4,8-9,12H,2,5-7,10-11H2,1H3. The van der Waals surface area contributed by atoms with Crippen molar-refractivity contribution in [2.24, 2.45) is 5.92 Å². The first kappa shape index (κ1) is 15.6. The first-order valence-electron chi connectivity index (χ1n) is 7.83. The van der Waals surface area contributed by atoms with Crippen LogP contribution >= 0.6 is 0 Å². The minimum Gasteiger partial charge on any atom is -0.379 e. The van der Waals surface area contributed by atoms with Gasteiger partial charge in [-0.3, -0.25) is 14.8 Å². The van der Waals surface area contributed by atoms with E-state index in [1.54, 1.807) is 29.6 Å². The molecule has 0 aliphatic carbocycles. The highest BCUT2D eigenvalue weighted by molar-refractivity contribution is 5.91. The number of nitrogens with zero attached hydrogens (tertiary/aromatic N) is 4. The molecule has 1 fully saturated rings. The van der Waals surface area contributed by atoms with E-state index in [4.69, 9.17) is 9.26 Å². The fraction of sp³-hybridized carbons (Fsp3) is 0.500. The summed E-state index contributed by atoms with van der Waals surface area (Å²) in [5.41, 5.74) is 1.69. The zero-order valence-electron chi connectivity index (χ0n) is 13.1. The van der Waals surface area contributed by atoms with E-state index in [2.05, 4.69) is 15.1 Å². The smallest absolute Gasteiger partial charge is 0.292 e. The maximum Gasteiger partial charge on any atom is 0.292 e. The Kier molecular flexibility index (Phi) is 4.97. The quantitative estimate of drug-likeness (QED) is 0.847. The second kappa shape index (κ2) is 7.32. The molecular weight excluding hydrogens is 296 g/mol. The van der Waals surface area contributed by atoms with Gasteiger partial charge in [-0.2, -0.15) is 0 Å². The first-order chi connectivity index (χ1) is 11.3. The Labute approximate surface area is 134 Å². The Morgan fingerprint density at radius 2 is 2.30 bits per heavy atom. The number of aryl methyl sites for hydroxylation is 1. The molecule has 0 bridgehead atoms. The molecule has 1 saturated heterocycles. The zero-order chi connectivity index (χ0) is 16.1. The van der Waals surface area contributed by atoms with Gasteiger partial charge in [0.25, 0.3) is 5.91 Å². The van der Waals surface area contributed by atoms with E-state index >= 15 is 0 Å². The fourth-order valence-electron chi connectivity index (χ4n) is 2.65. The molecule has 3 heterocycles. The van der Waals surface area contributed by atoms with Crippen molar-refractivity contribution in [3.8, 4) is 0 Å². The number of hydrogen-bond acceptors (Lipinski definition) is 6. The minimum atomic E-state index is -0.133. The molecule has 0 spiro atoms. The highest BCUT2D eigenvalue weighted by atomic mass is 16.5. The lowest BCUT2D eigenvalue weighted by atomic mass is 10.0. The molecule has 1 aliphatic heterocycles. The van der Waals surface area contributed by atoms with Crippen molar-refractivity contribution >= 4 is 5.91 Å². The van der Waals surface area contributed by atoms with Crippen LogP contribution in [-0.4, -0.2) is 52.2 Å². The van der Waals surface area contributed by atoms with Crippen LogP contribution in [0.15, 0.2) is 29.2 Å². The van der Waals surface area contributed by atoms with E-state index < -0.39 is 0 Å². The second-order valence-electron chi connectivity index (χ2n) is 5.63. The molecule has 1 amide bonds. The van der Waals surface area contributed by atoms with Crippen molar-refractivity contribution in [2.75, 3.05) is 26.3 Å². The van der Waals surface area contributed by atoms with Crippen molar-refractivity contribution in [3.05, 3.63) is 41.8 Å². The molecule has 1 aliphatic rings. The minimum absolute atomic E-state index is 0.133. The monoisotopic (exact) mass is 316 g/mol. The summed E-state index contributed by atoms with van der Waals surface area (Å²) in [7, 11) is 0. The van der Waals surface area contributed by atoms with Crippen LogP contribution in [0.3, 0.4) is 0 Å². The van der Waals surface area contributed by atoms with Gasteiger partial charge in [-0.15, -0.1) is 0 Å². The van der Waals surface area contributed by atoms with E-state index in [-0.39, 0.29) is 11.8 Å². The molecule has 7 heteroatoms. The maximum atomic E-state index is 12.6. The molecule has 23 heavy (non-hydrogen) atoms. The molecule has 1 unspecified atom stereocenters. The average Bonchev–Trinajstić information content (AvgIpc) is 2.95. The summed E-state index contributed by atoms with van der Waals surface area (Å²) >= 11 is 0. The lowest BCUT2D eigenvalue weighted by Crippen LogP contribution is -2.36. The molecule has 122 valence electrons. The second-order valence-corrected chi connectivity index (χ2v) is 5.63. The summed E-state index contributed by atoms with van der Waals surface area (Å²) < 4.78 is 10.8. The van der Waals surface area contributed by atoms with Crippen molar-refractivity contribution in [1.82, 2.24) is 20.0 Å². The number of hydrogen-bond donors (Lipinski definition) is 0. The summed E-state index contributed by atoms with van der Waals surface area (Å²) in [6.45, 7) is 4.27. The predicted octanol–water partition coefficient (Wildman–Crippen LogP) is 1.36. The van der Waals surface area contributed by atoms with Crippen LogP contribution in [0.5, 0.6) is 0 Å². The molecule has 2 aromatic heterocycles. The van der Waals surface area contributed by atoms with Crippen LogP contribution in [0.25, 0.3) is 0 Å². The van der Waals surface area contributed by atoms with Crippen molar-refractivity contribution < 1.29 is 14.1 Å². The number of carbonyl (C=O) groups is 1. The highest BCUT2D eigenvalue weighted by Crippen LogP contribution is 2.15. The van der Waals surface area contributed by atoms with Gasteiger partial charge in [0.1, 0.15) is 0 Å². The SMILES string of the molecule is CCc1cc(C(=O)N2CCOCC(Cc3cnccn3)C2)on1. The summed E-state index contributed by atoms with van der Waals surface area (Å²) in [6.07, 6.45) is 6.55. The number of aromatic nitrogens is 3. The van der Waals surface area contributed by atoms with Gasteiger partial charge in [0, 0.05) is 43.7 Å².